The van der Waals surface area contributed by atoms with Crippen LogP contribution in [0.15, 0.2) is 80.5 Å². The first-order chi connectivity index (χ1) is 17.8. The molecule has 0 atom stereocenters. The number of amides is 1. The Morgan fingerprint density at radius 2 is 1.68 bits per heavy atom. The smallest absolute Gasteiger partial charge is 0.274 e. The minimum Gasteiger partial charge on any atom is -0.372 e. The summed E-state index contributed by atoms with van der Waals surface area (Å²) < 4.78 is 0. The van der Waals surface area contributed by atoms with Crippen LogP contribution in [0.25, 0.3) is 0 Å². The van der Waals surface area contributed by atoms with E-state index in [1.807, 2.05) is 67.4 Å². The number of aryl methyl sites for hydroxylation is 2. The Bertz CT molecular complexity index is 1430. The zero-order valence-corrected chi connectivity index (χ0v) is 24.0. The standard InChI is InChI=1S/C29H29ClN4OS2/c1-6-33(7-2)22-13-14-23(19(4)16-22)31-29-34(21-11-8-18(3)9-12-21)27(35)26(37-29)28-32(5)24-17-20(30)10-15-25(24)36-28/h8-17H,6-7H2,1-5H3. The summed E-state index contributed by atoms with van der Waals surface area (Å²) in [5.41, 5.74) is 6.06. The van der Waals surface area contributed by atoms with Gasteiger partial charge in [-0.2, -0.15) is 0 Å². The van der Waals surface area contributed by atoms with Gasteiger partial charge in [0.25, 0.3) is 5.91 Å². The summed E-state index contributed by atoms with van der Waals surface area (Å²) in [6.07, 6.45) is 0. The third-order valence-corrected chi connectivity index (χ3v) is 9.22. The van der Waals surface area contributed by atoms with Crippen molar-refractivity contribution >= 4 is 68.9 Å². The highest BCUT2D eigenvalue weighted by atomic mass is 35.5. The van der Waals surface area contributed by atoms with Gasteiger partial charge in [-0.3, -0.25) is 9.69 Å². The lowest BCUT2D eigenvalue weighted by atomic mass is 10.1. The molecule has 0 aromatic heterocycles. The zero-order valence-electron chi connectivity index (χ0n) is 21.6. The highest BCUT2D eigenvalue weighted by molar-refractivity contribution is 8.20. The molecule has 2 aliphatic heterocycles. The predicted molar refractivity (Wildman–Crippen MR) is 161 cm³/mol. The van der Waals surface area contributed by atoms with Crippen molar-refractivity contribution in [2.45, 2.75) is 32.6 Å². The molecule has 1 fully saturated rings. The van der Waals surface area contributed by atoms with Gasteiger partial charge in [-0.15, -0.1) is 0 Å². The van der Waals surface area contributed by atoms with E-state index in [0.29, 0.717) is 15.1 Å². The molecule has 5 nitrogen and oxygen atoms in total. The number of fused-ring (bicyclic) bond motifs is 1. The molecule has 0 spiro atoms. The maximum Gasteiger partial charge on any atom is 0.274 e. The van der Waals surface area contributed by atoms with Crippen LogP contribution >= 0.6 is 35.1 Å². The number of hydrogen-bond acceptors (Lipinski definition) is 6. The Morgan fingerprint density at radius 3 is 2.35 bits per heavy atom. The molecule has 0 unspecified atom stereocenters. The Hall–Kier alpha value is -2.87. The number of benzene rings is 3. The lowest BCUT2D eigenvalue weighted by Crippen LogP contribution is -2.29. The molecule has 0 saturated carbocycles. The van der Waals surface area contributed by atoms with Gasteiger partial charge in [0.2, 0.25) is 0 Å². The highest BCUT2D eigenvalue weighted by Crippen LogP contribution is 2.51. The van der Waals surface area contributed by atoms with E-state index in [0.717, 1.165) is 51.2 Å². The first kappa shape index (κ1) is 25.8. The van der Waals surface area contributed by atoms with Gasteiger partial charge in [0.15, 0.2) is 5.17 Å². The average molecular weight is 549 g/mol. The molecule has 2 aliphatic rings. The summed E-state index contributed by atoms with van der Waals surface area (Å²) in [5, 5.41) is 2.22. The SMILES string of the molecule is CCN(CC)c1ccc(N=C2SC(=C3Sc4ccc(Cl)cc4N3C)C(=O)N2c2ccc(C)cc2)c(C)c1. The van der Waals surface area contributed by atoms with Crippen LogP contribution in [-0.2, 0) is 4.79 Å². The van der Waals surface area contributed by atoms with Crippen LogP contribution in [0.4, 0.5) is 22.7 Å². The quantitative estimate of drug-likeness (QED) is 0.302. The van der Waals surface area contributed by atoms with Crippen molar-refractivity contribution in [1.82, 2.24) is 0 Å². The van der Waals surface area contributed by atoms with E-state index in [4.69, 9.17) is 16.6 Å². The number of thioether (sulfide) groups is 2. The Morgan fingerprint density at radius 1 is 0.946 bits per heavy atom. The van der Waals surface area contributed by atoms with Gasteiger partial charge < -0.3 is 9.80 Å². The Balaban J connectivity index is 1.58. The molecule has 0 bridgehead atoms. The van der Waals surface area contributed by atoms with Crippen molar-refractivity contribution in [1.29, 1.82) is 0 Å². The molecule has 1 amide bonds. The number of rotatable bonds is 5. The van der Waals surface area contributed by atoms with Gasteiger partial charge in [-0.25, -0.2) is 4.99 Å². The molecule has 2 heterocycles. The van der Waals surface area contributed by atoms with Crippen LogP contribution in [0.2, 0.25) is 5.02 Å². The molecule has 3 aromatic rings. The molecule has 8 heteroatoms. The molecule has 5 rings (SSSR count). The normalized spacial score (nSPS) is 18.2. The van der Waals surface area contributed by atoms with Crippen molar-refractivity contribution in [2.24, 2.45) is 4.99 Å². The molecule has 0 radical (unpaired) electrons. The van der Waals surface area contributed by atoms with Gasteiger partial charge in [0.05, 0.1) is 22.1 Å². The van der Waals surface area contributed by atoms with Crippen LogP contribution < -0.4 is 14.7 Å². The van der Waals surface area contributed by atoms with Crippen LogP contribution in [0.1, 0.15) is 25.0 Å². The molecule has 37 heavy (non-hydrogen) atoms. The van der Waals surface area contributed by atoms with E-state index in [1.165, 1.54) is 17.4 Å². The van der Waals surface area contributed by atoms with Crippen molar-refractivity contribution in [3.05, 3.63) is 86.7 Å². The molecule has 1 saturated heterocycles. The monoisotopic (exact) mass is 548 g/mol. The number of anilines is 3. The van der Waals surface area contributed by atoms with E-state index in [-0.39, 0.29) is 5.91 Å². The van der Waals surface area contributed by atoms with Crippen molar-refractivity contribution < 1.29 is 4.79 Å². The van der Waals surface area contributed by atoms with Gasteiger partial charge in [-0.1, -0.05) is 41.1 Å². The number of carbonyl (C=O) groups is 1. The van der Waals surface area contributed by atoms with E-state index in [1.54, 1.807) is 16.7 Å². The molecule has 190 valence electrons. The lowest BCUT2D eigenvalue weighted by Gasteiger charge is -2.22. The molecular formula is C29H29ClN4OS2. The number of halogens is 1. The van der Waals surface area contributed by atoms with Gasteiger partial charge in [0.1, 0.15) is 4.91 Å². The predicted octanol–water partition coefficient (Wildman–Crippen LogP) is 7.98. The van der Waals surface area contributed by atoms with Gasteiger partial charge in [-0.05, 0) is 93.6 Å². The lowest BCUT2D eigenvalue weighted by molar-refractivity contribution is -0.113. The summed E-state index contributed by atoms with van der Waals surface area (Å²) in [5.74, 6) is -0.0710. The molecule has 0 N–H and O–H groups in total. The summed E-state index contributed by atoms with van der Waals surface area (Å²) in [6, 6.07) is 20.2. The van der Waals surface area contributed by atoms with E-state index >= 15 is 0 Å². The second kappa shape index (κ2) is 10.5. The minimum absolute atomic E-state index is 0.0710. The Labute approximate surface area is 232 Å². The maximum absolute atomic E-state index is 13.9. The second-order valence-electron chi connectivity index (χ2n) is 9.02. The largest absolute Gasteiger partial charge is 0.372 e. The maximum atomic E-state index is 13.9. The molecular weight excluding hydrogens is 520 g/mol. The fourth-order valence-corrected chi connectivity index (χ4v) is 6.96. The third kappa shape index (κ3) is 4.88. The van der Waals surface area contributed by atoms with Gasteiger partial charge >= 0.3 is 0 Å². The third-order valence-electron chi connectivity index (χ3n) is 6.59. The summed E-state index contributed by atoms with van der Waals surface area (Å²) in [4.78, 5) is 26.8. The number of nitrogens with zero attached hydrogens (tertiary/aromatic N) is 4. The van der Waals surface area contributed by atoms with E-state index in [2.05, 4.69) is 37.8 Å². The first-order valence-corrected chi connectivity index (χ1v) is 14.3. The van der Waals surface area contributed by atoms with Crippen LogP contribution in [0.3, 0.4) is 0 Å². The average Bonchev–Trinajstić information content (AvgIpc) is 3.38. The number of amidine groups is 1. The topological polar surface area (TPSA) is 39.1 Å². The van der Waals surface area contributed by atoms with Crippen LogP contribution in [-0.4, -0.2) is 31.2 Å². The first-order valence-electron chi connectivity index (χ1n) is 12.3. The van der Waals surface area contributed by atoms with Crippen molar-refractivity contribution in [3.63, 3.8) is 0 Å². The van der Waals surface area contributed by atoms with Crippen LogP contribution in [0, 0.1) is 13.8 Å². The summed E-state index contributed by atoms with van der Waals surface area (Å²) >= 11 is 9.28. The number of carbonyl (C=O) groups excluding carboxylic acids is 1. The highest BCUT2D eigenvalue weighted by Gasteiger charge is 2.40. The van der Waals surface area contributed by atoms with Crippen molar-refractivity contribution in [2.75, 3.05) is 34.8 Å². The number of hydrogen-bond donors (Lipinski definition) is 0. The van der Waals surface area contributed by atoms with E-state index in [9.17, 15) is 4.79 Å². The minimum atomic E-state index is -0.0710. The van der Waals surface area contributed by atoms with E-state index < -0.39 is 0 Å². The molecule has 0 aliphatic carbocycles. The summed E-state index contributed by atoms with van der Waals surface area (Å²) in [6.45, 7) is 10.3. The number of aliphatic imine (C=N–C) groups is 1. The van der Waals surface area contributed by atoms with Crippen molar-refractivity contribution in [3.8, 4) is 0 Å². The summed E-state index contributed by atoms with van der Waals surface area (Å²) in [7, 11) is 1.98. The fourth-order valence-electron chi connectivity index (χ4n) is 4.47. The van der Waals surface area contributed by atoms with Gasteiger partial charge in [0, 0.05) is 35.7 Å². The van der Waals surface area contributed by atoms with Crippen LogP contribution in [0.5, 0.6) is 0 Å². The Kier molecular flexibility index (Phi) is 7.30. The molecule has 3 aromatic carbocycles. The fraction of sp³-hybridized carbons (Fsp3) is 0.241. The zero-order chi connectivity index (χ0) is 26.3. The second-order valence-corrected chi connectivity index (χ2v) is 11.5.